The molecule has 1 atom stereocenters. The smallest absolute Gasteiger partial charge is 0.175 e. The van der Waals surface area contributed by atoms with Gasteiger partial charge in [0.1, 0.15) is 23.0 Å². The van der Waals surface area contributed by atoms with E-state index in [2.05, 4.69) is 241 Å². The van der Waals surface area contributed by atoms with Gasteiger partial charge in [-0.3, -0.25) is 4.21 Å². The SMILES string of the molecule is CC(C)Oc1ccc(C(C)C)cc1.CC(C)c1ccc(S(C)(=O)=O)cc1.CC(C)c1ccc(S(C)=O)cc1.CCOc1ccc(C(C)(C)C)cc1.COc1ccc(C(C)C)cc1.COc1ccc(C(C)C)cc1.CSc1ccc(C(C)(C)C)cc1.CSc1ccc(C(C)(C)C)cc1. The van der Waals surface area contributed by atoms with E-state index in [1.165, 1.54) is 55.0 Å². The molecular formula is C86H124O7S4. The third-order valence-electron chi connectivity index (χ3n) is 15.3. The van der Waals surface area contributed by atoms with E-state index in [1.807, 2.05) is 106 Å². The van der Waals surface area contributed by atoms with Crippen LogP contribution >= 0.6 is 23.5 Å². The second-order valence-corrected chi connectivity index (χ2v) is 33.7. The summed E-state index contributed by atoms with van der Waals surface area (Å²) in [6.45, 7) is 48.4. The van der Waals surface area contributed by atoms with Gasteiger partial charge in [0.15, 0.2) is 9.84 Å². The maximum absolute atomic E-state index is 11.1. The third kappa shape index (κ3) is 37.0. The lowest BCUT2D eigenvalue weighted by molar-refractivity contribution is 0.242. The van der Waals surface area contributed by atoms with Gasteiger partial charge in [-0.05, 0) is 221 Å². The first-order valence-corrected chi connectivity index (χ1v) is 39.9. The molecule has 1 unspecified atom stereocenters. The average Bonchev–Trinajstić information content (AvgIpc) is 0.937. The van der Waals surface area contributed by atoms with E-state index in [9.17, 15) is 12.6 Å². The lowest BCUT2D eigenvalue weighted by Crippen LogP contribution is -2.10. The average molecular weight is 1400 g/mol. The van der Waals surface area contributed by atoms with Gasteiger partial charge in [0.2, 0.25) is 0 Å². The number of hydrogen-bond donors (Lipinski definition) is 0. The second-order valence-electron chi connectivity index (χ2n) is 28.6. The molecule has 8 aromatic rings. The van der Waals surface area contributed by atoms with Crippen LogP contribution in [0.3, 0.4) is 0 Å². The standard InChI is InChI=1S/2C12H18O.2C11H16S.C10H14O2S.C10H14OS.2C10H14O/c1-9(2)11-5-7-12(8-6-11)13-10(3)4;1-5-13-11-8-6-10(7-9-11)12(2,3)4;2*1-11(2,3)9-5-7-10(12-4)8-6-9;1-8(2)9-4-6-10(7-5-9)13(3,11)12;1-8(2)9-4-6-10(7-5-9)12(3)11;2*1-8(2)9-4-6-10(11-3)7-5-9/h5-10H,1-4H3;6-9H,5H2,1-4H3;2*5-8H,1-4H3;4-8H,1-3H3;4-8H,1-3H3;2*4-8H,1-3H3. The van der Waals surface area contributed by atoms with Gasteiger partial charge in [-0.1, -0.05) is 229 Å². The normalized spacial score (nSPS) is 11.4. The first kappa shape index (κ1) is 88.8. The van der Waals surface area contributed by atoms with E-state index < -0.39 is 20.6 Å². The van der Waals surface area contributed by atoms with Gasteiger partial charge in [0, 0.05) is 38.0 Å². The molecule has 0 bridgehead atoms. The van der Waals surface area contributed by atoms with Crippen LogP contribution in [0.25, 0.3) is 0 Å². The maximum Gasteiger partial charge on any atom is 0.175 e. The molecule has 0 aliphatic rings. The predicted octanol–water partition coefficient (Wildman–Crippen LogP) is 24.8. The van der Waals surface area contributed by atoms with Crippen molar-refractivity contribution < 1.29 is 31.6 Å². The highest BCUT2D eigenvalue weighted by Gasteiger charge is 2.15. The molecule has 0 fully saturated rings. The molecular weight excluding hydrogens is 1270 g/mol. The zero-order chi connectivity index (χ0) is 73.9. The summed E-state index contributed by atoms with van der Waals surface area (Å²) in [5.74, 6) is 6.53. The Balaban J connectivity index is 0.000000555. The Hall–Kier alpha value is -6.24. The van der Waals surface area contributed by atoms with Crippen LogP contribution < -0.4 is 18.9 Å². The molecule has 0 saturated heterocycles. The molecule has 0 spiro atoms. The summed E-state index contributed by atoms with van der Waals surface area (Å²) in [5.41, 5.74) is 11.4. The monoisotopic (exact) mass is 1400 g/mol. The van der Waals surface area contributed by atoms with Gasteiger partial charge in [-0.25, -0.2) is 8.42 Å². The topological polar surface area (TPSA) is 88.1 Å². The highest BCUT2D eigenvalue weighted by molar-refractivity contribution is 7.98. The van der Waals surface area contributed by atoms with Crippen molar-refractivity contribution in [2.45, 2.75) is 224 Å². The van der Waals surface area contributed by atoms with Crippen molar-refractivity contribution in [1.82, 2.24) is 0 Å². The molecule has 97 heavy (non-hydrogen) atoms. The van der Waals surface area contributed by atoms with Crippen molar-refractivity contribution in [3.05, 3.63) is 239 Å². The lowest BCUT2D eigenvalue weighted by atomic mass is 9.87. The van der Waals surface area contributed by atoms with Crippen molar-refractivity contribution in [3.63, 3.8) is 0 Å². The molecule has 0 saturated carbocycles. The molecule has 534 valence electrons. The Morgan fingerprint density at radius 2 is 0.629 bits per heavy atom. The number of rotatable bonds is 15. The van der Waals surface area contributed by atoms with Crippen molar-refractivity contribution in [2.24, 2.45) is 0 Å². The summed E-state index contributed by atoms with van der Waals surface area (Å²) in [4.78, 5) is 3.96. The number of methoxy groups -OCH3 is 2. The minimum Gasteiger partial charge on any atom is -0.497 e. The lowest BCUT2D eigenvalue weighted by Gasteiger charge is -2.19. The molecule has 8 aromatic carbocycles. The summed E-state index contributed by atoms with van der Waals surface area (Å²) in [6, 6.07) is 65.6. The molecule has 8 rings (SSSR count). The Morgan fingerprint density at radius 1 is 0.381 bits per heavy atom. The summed E-state index contributed by atoms with van der Waals surface area (Å²) in [6.07, 6.45) is 7.38. The van der Waals surface area contributed by atoms with Crippen LogP contribution in [0.1, 0.15) is 226 Å². The molecule has 0 radical (unpaired) electrons. The second kappa shape index (κ2) is 44.7. The maximum atomic E-state index is 11.1. The minimum absolute atomic E-state index is 0.227. The van der Waals surface area contributed by atoms with Crippen molar-refractivity contribution >= 4 is 44.2 Å². The quantitative estimate of drug-likeness (QED) is 0.0931. The van der Waals surface area contributed by atoms with Gasteiger partial charge in [-0.2, -0.15) is 0 Å². The Labute approximate surface area is 602 Å². The summed E-state index contributed by atoms with van der Waals surface area (Å²) in [7, 11) is -0.526. The fourth-order valence-corrected chi connectivity index (χ4v) is 10.7. The molecule has 0 aromatic heterocycles. The summed E-state index contributed by atoms with van der Waals surface area (Å²) >= 11 is 3.58. The fourth-order valence-electron chi connectivity index (χ4n) is 8.73. The van der Waals surface area contributed by atoms with E-state index in [4.69, 9.17) is 18.9 Å². The molecule has 0 aliphatic heterocycles. The van der Waals surface area contributed by atoms with Crippen LogP contribution in [-0.2, 0) is 36.9 Å². The molecule has 0 N–H and O–H groups in total. The van der Waals surface area contributed by atoms with Crippen molar-refractivity contribution in [3.8, 4) is 23.0 Å². The van der Waals surface area contributed by atoms with Gasteiger partial charge in [0.05, 0.1) is 31.8 Å². The zero-order valence-electron chi connectivity index (χ0n) is 64.6. The van der Waals surface area contributed by atoms with Gasteiger partial charge >= 0.3 is 0 Å². The third-order valence-corrected chi connectivity index (χ3v) is 18.8. The fraction of sp³-hybridized carbons (Fsp3) is 0.442. The molecule has 7 nitrogen and oxygen atoms in total. The summed E-state index contributed by atoms with van der Waals surface area (Å²) < 4.78 is 54.3. The van der Waals surface area contributed by atoms with E-state index in [-0.39, 0.29) is 22.3 Å². The number of ether oxygens (including phenoxy) is 4. The highest BCUT2D eigenvalue weighted by atomic mass is 32.2. The van der Waals surface area contributed by atoms with E-state index >= 15 is 0 Å². The van der Waals surface area contributed by atoms with Crippen LogP contribution in [0.4, 0.5) is 0 Å². The molecule has 0 heterocycles. The van der Waals surface area contributed by atoms with E-state index in [0.717, 1.165) is 40.1 Å². The molecule has 0 amide bonds. The number of sulfone groups is 1. The van der Waals surface area contributed by atoms with Crippen molar-refractivity contribution in [2.75, 3.05) is 45.8 Å². The van der Waals surface area contributed by atoms with Gasteiger partial charge < -0.3 is 18.9 Å². The van der Waals surface area contributed by atoms with Crippen LogP contribution in [0, 0.1) is 0 Å². The highest BCUT2D eigenvalue weighted by Crippen LogP contribution is 2.28. The van der Waals surface area contributed by atoms with Gasteiger partial charge in [0.25, 0.3) is 0 Å². The van der Waals surface area contributed by atoms with Crippen LogP contribution in [-0.4, -0.2) is 64.6 Å². The molecule has 0 aliphatic carbocycles. The largest absolute Gasteiger partial charge is 0.497 e. The Bertz CT molecular complexity index is 3370. The van der Waals surface area contributed by atoms with E-state index in [0.29, 0.717) is 34.5 Å². The Morgan fingerprint density at radius 3 is 0.845 bits per heavy atom. The van der Waals surface area contributed by atoms with Crippen molar-refractivity contribution in [1.29, 1.82) is 0 Å². The first-order valence-electron chi connectivity index (χ1n) is 34.0. The predicted molar refractivity (Wildman–Crippen MR) is 427 cm³/mol. The number of benzene rings is 8. The van der Waals surface area contributed by atoms with Crippen LogP contribution in [0.2, 0.25) is 0 Å². The Kier molecular flexibility index (Phi) is 40.9. The minimum atomic E-state index is -3.05. The van der Waals surface area contributed by atoms with E-state index in [1.54, 1.807) is 56.1 Å². The van der Waals surface area contributed by atoms with Crippen LogP contribution in [0.5, 0.6) is 23.0 Å². The number of thioether (sulfide) groups is 2. The first-order chi connectivity index (χ1) is 45.2. The molecule has 11 heteroatoms. The van der Waals surface area contributed by atoms with Crippen LogP contribution in [0.15, 0.2) is 214 Å². The summed E-state index contributed by atoms with van der Waals surface area (Å²) in [5, 5.41) is 0. The zero-order valence-corrected chi connectivity index (χ0v) is 67.9. The number of hydrogen-bond acceptors (Lipinski definition) is 9. The van der Waals surface area contributed by atoms with Gasteiger partial charge in [-0.15, -0.1) is 23.5 Å².